The summed E-state index contributed by atoms with van der Waals surface area (Å²) in [6, 6.07) is 13.6. The first kappa shape index (κ1) is 13.0. The highest BCUT2D eigenvalue weighted by molar-refractivity contribution is 5.57. The summed E-state index contributed by atoms with van der Waals surface area (Å²) in [6.45, 7) is 6.61. The number of benzene rings is 2. The summed E-state index contributed by atoms with van der Waals surface area (Å²) in [4.78, 5) is 0. The second kappa shape index (κ2) is 4.02. The largest absolute Gasteiger partial charge is 0.504 e. The Balaban J connectivity index is 2.27. The van der Waals surface area contributed by atoms with E-state index in [-0.39, 0.29) is 22.3 Å². The molecule has 2 N–H and O–H groups in total. The molecule has 0 saturated heterocycles. The first-order valence-electron chi connectivity index (χ1n) is 6.98. The molecule has 1 unspecified atom stereocenters. The lowest BCUT2D eigenvalue weighted by Gasteiger charge is -2.29. The fraction of sp³-hybridized carbons (Fsp3) is 0.333. The van der Waals surface area contributed by atoms with Gasteiger partial charge in [0.15, 0.2) is 11.5 Å². The number of fused-ring (bicyclic) bond motifs is 1. The van der Waals surface area contributed by atoms with E-state index in [0.29, 0.717) is 0 Å². The zero-order chi connectivity index (χ0) is 14.5. The van der Waals surface area contributed by atoms with Crippen molar-refractivity contribution in [3.05, 3.63) is 59.2 Å². The van der Waals surface area contributed by atoms with Crippen molar-refractivity contribution in [2.45, 2.75) is 38.0 Å². The molecular weight excluding hydrogens is 248 g/mol. The van der Waals surface area contributed by atoms with Crippen LogP contribution in [0.15, 0.2) is 42.5 Å². The van der Waals surface area contributed by atoms with Gasteiger partial charge >= 0.3 is 0 Å². The van der Waals surface area contributed by atoms with E-state index in [2.05, 4.69) is 39.0 Å². The van der Waals surface area contributed by atoms with Crippen LogP contribution in [0.1, 0.15) is 43.9 Å². The number of rotatable bonds is 1. The second-order valence-electron chi connectivity index (χ2n) is 6.61. The SMILES string of the molecule is CC1(C)CC(C)(c2cccc(O)c2O)c2ccccc21. The first-order valence-corrected chi connectivity index (χ1v) is 6.98. The van der Waals surface area contributed by atoms with Gasteiger partial charge in [0.2, 0.25) is 0 Å². The van der Waals surface area contributed by atoms with Crippen LogP contribution < -0.4 is 0 Å². The number of hydrogen-bond donors (Lipinski definition) is 2. The molecule has 2 aromatic rings. The minimum atomic E-state index is -0.275. The Morgan fingerprint density at radius 3 is 2.10 bits per heavy atom. The molecule has 0 aliphatic heterocycles. The minimum Gasteiger partial charge on any atom is -0.504 e. The van der Waals surface area contributed by atoms with Crippen molar-refractivity contribution in [2.75, 3.05) is 0 Å². The average molecular weight is 268 g/mol. The highest BCUT2D eigenvalue weighted by atomic mass is 16.3. The zero-order valence-corrected chi connectivity index (χ0v) is 12.1. The van der Waals surface area contributed by atoms with Gasteiger partial charge in [0, 0.05) is 11.0 Å². The van der Waals surface area contributed by atoms with E-state index in [0.717, 1.165) is 12.0 Å². The molecule has 2 heteroatoms. The van der Waals surface area contributed by atoms with Crippen molar-refractivity contribution >= 4 is 0 Å². The molecule has 0 amide bonds. The number of phenols is 2. The maximum absolute atomic E-state index is 10.3. The van der Waals surface area contributed by atoms with Crippen molar-refractivity contribution in [1.29, 1.82) is 0 Å². The third-order valence-electron chi connectivity index (χ3n) is 4.66. The monoisotopic (exact) mass is 268 g/mol. The molecule has 0 heterocycles. The molecular formula is C18H20O2. The van der Waals surface area contributed by atoms with Crippen molar-refractivity contribution in [3.8, 4) is 11.5 Å². The van der Waals surface area contributed by atoms with E-state index in [1.807, 2.05) is 12.1 Å². The van der Waals surface area contributed by atoms with Gasteiger partial charge in [-0.25, -0.2) is 0 Å². The van der Waals surface area contributed by atoms with Crippen molar-refractivity contribution in [1.82, 2.24) is 0 Å². The quantitative estimate of drug-likeness (QED) is 0.765. The third kappa shape index (κ3) is 1.64. The second-order valence-corrected chi connectivity index (χ2v) is 6.61. The van der Waals surface area contributed by atoms with Gasteiger partial charge < -0.3 is 10.2 Å². The number of para-hydroxylation sites is 1. The van der Waals surface area contributed by atoms with Crippen LogP contribution in [0.4, 0.5) is 0 Å². The highest BCUT2D eigenvalue weighted by Gasteiger charge is 2.46. The summed E-state index contributed by atoms with van der Waals surface area (Å²) in [5.41, 5.74) is 3.15. The Hall–Kier alpha value is -1.96. The molecule has 0 fully saturated rings. The Morgan fingerprint density at radius 1 is 0.800 bits per heavy atom. The fourth-order valence-corrected chi connectivity index (χ4v) is 3.85. The molecule has 3 rings (SSSR count). The summed E-state index contributed by atoms with van der Waals surface area (Å²) in [7, 11) is 0. The smallest absolute Gasteiger partial charge is 0.161 e. The van der Waals surface area contributed by atoms with Crippen LogP contribution in [0.25, 0.3) is 0 Å². The molecule has 2 nitrogen and oxygen atoms in total. The molecule has 20 heavy (non-hydrogen) atoms. The standard InChI is InChI=1S/C18H20O2/c1-17(2)11-18(3,13-8-5-4-7-12(13)17)14-9-6-10-15(19)16(14)20/h4-10,19-20H,11H2,1-3H3. The molecule has 0 spiro atoms. The van der Waals surface area contributed by atoms with Gasteiger partial charge in [0.05, 0.1) is 0 Å². The van der Waals surface area contributed by atoms with E-state index in [9.17, 15) is 10.2 Å². The predicted molar refractivity (Wildman–Crippen MR) is 80.3 cm³/mol. The minimum absolute atomic E-state index is 0.00232. The molecule has 1 aliphatic rings. The lowest BCUT2D eigenvalue weighted by molar-refractivity contribution is 0.374. The summed E-state index contributed by atoms with van der Waals surface area (Å²) in [5.74, 6) is -0.0478. The number of hydrogen-bond acceptors (Lipinski definition) is 2. The van der Waals surface area contributed by atoms with Crippen LogP contribution in [0.2, 0.25) is 0 Å². The van der Waals surface area contributed by atoms with Gasteiger partial charge in [-0.1, -0.05) is 57.2 Å². The summed E-state index contributed by atoms with van der Waals surface area (Å²) in [5, 5.41) is 20.1. The van der Waals surface area contributed by atoms with Crippen molar-refractivity contribution in [2.24, 2.45) is 0 Å². The maximum atomic E-state index is 10.3. The Bertz CT molecular complexity index is 673. The third-order valence-corrected chi connectivity index (χ3v) is 4.66. The van der Waals surface area contributed by atoms with Gasteiger partial charge in [0.1, 0.15) is 0 Å². The van der Waals surface area contributed by atoms with Crippen LogP contribution in [0.5, 0.6) is 11.5 Å². The fourth-order valence-electron chi connectivity index (χ4n) is 3.85. The predicted octanol–water partition coefficient (Wildman–Crippen LogP) is 4.09. The van der Waals surface area contributed by atoms with E-state index < -0.39 is 0 Å². The Labute approximate surface area is 119 Å². The normalized spacial score (nSPS) is 23.6. The van der Waals surface area contributed by atoms with Crippen LogP contribution in [-0.4, -0.2) is 10.2 Å². The molecule has 0 aromatic heterocycles. The maximum Gasteiger partial charge on any atom is 0.161 e. The first-order chi connectivity index (χ1) is 9.36. The topological polar surface area (TPSA) is 40.5 Å². The van der Waals surface area contributed by atoms with Gasteiger partial charge in [-0.3, -0.25) is 0 Å². The Kier molecular flexibility index (Phi) is 2.62. The van der Waals surface area contributed by atoms with E-state index in [1.54, 1.807) is 6.07 Å². The number of aromatic hydroxyl groups is 2. The summed E-state index contributed by atoms with van der Waals surface area (Å²) in [6.07, 6.45) is 0.913. The molecule has 1 aliphatic carbocycles. The summed E-state index contributed by atoms with van der Waals surface area (Å²) >= 11 is 0. The van der Waals surface area contributed by atoms with E-state index >= 15 is 0 Å². The Morgan fingerprint density at radius 2 is 1.40 bits per heavy atom. The molecule has 2 aromatic carbocycles. The van der Waals surface area contributed by atoms with Crippen LogP contribution in [-0.2, 0) is 10.8 Å². The zero-order valence-electron chi connectivity index (χ0n) is 12.1. The van der Waals surface area contributed by atoms with Crippen molar-refractivity contribution < 1.29 is 10.2 Å². The van der Waals surface area contributed by atoms with Crippen molar-refractivity contribution in [3.63, 3.8) is 0 Å². The van der Waals surface area contributed by atoms with Gasteiger partial charge in [-0.2, -0.15) is 0 Å². The molecule has 104 valence electrons. The van der Waals surface area contributed by atoms with Gasteiger partial charge in [-0.05, 0) is 29.0 Å². The van der Waals surface area contributed by atoms with Gasteiger partial charge in [0.25, 0.3) is 0 Å². The lowest BCUT2D eigenvalue weighted by Crippen LogP contribution is -2.23. The number of phenolic OH excluding ortho intramolecular Hbond substituents is 2. The van der Waals surface area contributed by atoms with E-state index in [4.69, 9.17) is 0 Å². The van der Waals surface area contributed by atoms with E-state index in [1.165, 1.54) is 17.2 Å². The highest BCUT2D eigenvalue weighted by Crippen LogP contribution is 2.55. The van der Waals surface area contributed by atoms with Crippen LogP contribution in [0, 0.1) is 0 Å². The summed E-state index contributed by atoms with van der Waals surface area (Å²) < 4.78 is 0. The average Bonchev–Trinajstić information content (AvgIpc) is 2.62. The lowest BCUT2D eigenvalue weighted by atomic mass is 9.74. The van der Waals surface area contributed by atoms with Gasteiger partial charge in [-0.15, -0.1) is 0 Å². The molecule has 0 bridgehead atoms. The molecule has 1 atom stereocenters. The molecule has 0 radical (unpaired) electrons. The van der Waals surface area contributed by atoms with Crippen LogP contribution in [0.3, 0.4) is 0 Å². The molecule has 0 saturated carbocycles. The van der Waals surface area contributed by atoms with Crippen LogP contribution >= 0.6 is 0 Å².